The Kier molecular flexibility index (Phi) is 7.43. The van der Waals surface area contributed by atoms with Gasteiger partial charge in [-0.05, 0) is 34.1 Å². The fourth-order valence-corrected chi connectivity index (χ4v) is 1.08. The summed E-state index contributed by atoms with van der Waals surface area (Å²) in [5.74, 6) is -0.840. The number of carbonyl (C=O) groups is 1. The van der Waals surface area contributed by atoms with Crippen LogP contribution < -0.4 is 0 Å². The van der Waals surface area contributed by atoms with E-state index in [2.05, 4.69) is 0 Å². The molecule has 0 aliphatic heterocycles. The zero-order chi connectivity index (χ0) is 14.2. The summed E-state index contributed by atoms with van der Waals surface area (Å²) in [6.07, 6.45) is 0.754. The second kappa shape index (κ2) is 7.71. The number of carboxylic acid groups (broad SMARTS) is 1. The van der Waals surface area contributed by atoms with E-state index in [9.17, 15) is 4.79 Å². The van der Waals surface area contributed by atoms with Gasteiger partial charge in [0.2, 0.25) is 0 Å². The minimum absolute atomic E-state index is 0.0397. The number of rotatable bonds is 10. The monoisotopic (exact) mass is 262 g/mol. The quantitative estimate of drug-likeness (QED) is 0.611. The highest BCUT2D eigenvalue weighted by Crippen LogP contribution is 2.18. The number of aliphatic carboxylic acids is 1. The Hall–Kier alpha value is -0.650. The molecule has 0 aromatic heterocycles. The number of methoxy groups -OCH3 is 1. The van der Waals surface area contributed by atoms with Crippen LogP contribution in [0.15, 0.2) is 0 Å². The summed E-state index contributed by atoms with van der Waals surface area (Å²) in [7, 11) is 1.66. The fourth-order valence-electron chi connectivity index (χ4n) is 1.08. The Balaban J connectivity index is 3.76. The van der Waals surface area contributed by atoms with Crippen molar-refractivity contribution >= 4 is 5.97 Å². The first-order chi connectivity index (χ1) is 8.18. The van der Waals surface area contributed by atoms with Crippen LogP contribution in [0.4, 0.5) is 0 Å². The first kappa shape index (κ1) is 17.4. The highest BCUT2D eigenvalue weighted by molar-refractivity contribution is 5.66. The summed E-state index contributed by atoms with van der Waals surface area (Å²) in [4.78, 5) is 10.3. The molecule has 0 amide bonds. The zero-order valence-corrected chi connectivity index (χ0v) is 12.1. The topological polar surface area (TPSA) is 65.0 Å². The van der Waals surface area contributed by atoms with Gasteiger partial charge in [-0.3, -0.25) is 4.79 Å². The average molecular weight is 262 g/mol. The standard InChI is InChI=1S/C13H26O5/c1-12(2,18-10-13(3,4)16-5)7-9-17-8-6-11(14)15/h6-10H2,1-5H3,(H,14,15). The van der Waals surface area contributed by atoms with Gasteiger partial charge in [-0.2, -0.15) is 0 Å². The first-order valence-corrected chi connectivity index (χ1v) is 6.17. The molecule has 0 aliphatic rings. The third-order valence-electron chi connectivity index (χ3n) is 2.67. The van der Waals surface area contributed by atoms with Crippen LogP contribution in [0, 0.1) is 0 Å². The Morgan fingerprint density at radius 2 is 1.72 bits per heavy atom. The summed E-state index contributed by atoms with van der Waals surface area (Å²) < 4.78 is 16.3. The van der Waals surface area contributed by atoms with Crippen molar-refractivity contribution in [3.8, 4) is 0 Å². The van der Waals surface area contributed by atoms with Gasteiger partial charge < -0.3 is 19.3 Å². The molecule has 0 unspecified atom stereocenters. The Labute approximate surface area is 109 Å². The molecule has 108 valence electrons. The minimum atomic E-state index is -0.840. The molecule has 0 spiro atoms. The van der Waals surface area contributed by atoms with Crippen molar-refractivity contribution in [1.82, 2.24) is 0 Å². The van der Waals surface area contributed by atoms with Crippen molar-refractivity contribution in [3.05, 3.63) is 0 Å². The predicted molar refractivity (Wildman–Crippen MR) is 68.8 cm³/mol. The highest BCUT2D eigenvalue weighted by Gasteiger charge is 2.24. The largest absolute Gasteiger partial charge is 0.481 e. The molecule has 0 bridgehead atoms. The number of carboxylic acids is 1. The molecule has 0 saturated carbocycles. The summed E-state index contributed by atoms with van der Waals surface area (Å²) in [5.41, 5.74) is -0.611. The SMILES string of the molecule is COC(C)(C)COC(C)(C)CCOCCC(=O)O. The summed E-state index contributed by atoms with van der Waals surface area (Å²) in [6, 6.07) is 0. The zero-order valence-electron chi connectivity index (χ0n) is 12.1. The van der Waals surface area contributed by atoms with Crippen LogP contribution in [-0.2, 0) is 19.0 Å². The molecule has 0 saturated heterocycles. The van der Waals surface area contributed by atoms with Crippen molar-refractivity contribution in [2.75, 3.05) is 26.9 Å². The van der Waals surface area contributed by atoms with E-state index in [0.717, 1.165) is 0 Å². The van der Waals surface area contributed by atoms with Crippen LogP contribution in [-0.4, -0.2) is 49.2 Å². The molecular weight excluding hydrogens is 236 g/mol. The lowest BCUT2D eigenvalue weighted by atomic mass is 10.0. The molecule has 0 fully saturated rings. The van der Waals surface area contributed by atoms with E-state index in [1.54, 1.807) is 7.11 Å². The van der Waals surface area contributed by atoms with E-state index >= 15 is 0 Å². The van der Waals surface area contributed by atoms with Crippen molar-refractivity contribution in [1.29, 1.82) is 0 Å². The van der Waals surface area contributed by atoms with Gasteiger partial charge in [0.1, 0.15) is 0 Å². The molecule has 0 radical (unpaired) electrons. The smallest absolute Gasteiger partial charge is 0.305 e. The molecule has 0 atom stereocenters. The van der Waals surface area contributed by atoms with E-state index in [1.807, 2.05) is 27.7 Å². The average Bonchev–Trinajstić information content (AvgIpc) is 2.26. The molecule has 0 aromatic rings. The van der Waals surface area contributed by atoms with E-state index in [0.29, 0.717) is 19.6 Å². The van der Waals surface area contributed by atoms with Crippen molar-refractivity contribution in [2.24, 2.45) is 0 Å². The van der Waals surface area contributed by atoms with Gasteiger partial charge >= 0.3 is 5.97 Å². The van der Waals surface area contributed by atoms with Crippen molar-refractivity contribution in [3.63, 3.8) is 0 Å². The third-order valence-corrected chi connectivity index (χ3v) is 2.67. The van der Waals surface area contributed by atoms with Gasteiger partial charge in [0.15, 0.2) is 0 Å². The molecule has 18 heavy (non-hydrogen) atoms. The fraction of sp³-hybridized carbons (Fsp3) is 0.923. The first-order valence-electron chi connectivity index (χ1n) is 6.17. The van der Waals surface area contributed by atoms with Gasteiger partial charge in [0, 0.05) is 13.7 Å². The van der Waals surface area contributed by atoms with Crippen LogP contribution in [0.2, 0.25) is 0 Å². The molecule has 0 aromatic carbocycles. The molecule has 5 nitrogen and oxygen atoms in total. The Morgan fingerprint density at radius 1 is 1.11 bits per heavy atom. The number of hydrogen-bond donors (Lipinski definition) is 1. The van der Waals surface area contributed by atoms with E-state index in [4.69, 9.17) is 19.3 Å². The van der Waals surface area contributed by atoms with E-state index in [-0.39, 0.29) is 24.2 Å². The minimum Gasteiger partial charge on any atom is -0.481 e. The molecule has 0 rings (SSSR count). The molecule has 1 N–H and O–H groups in total. The van der Waals surface area contributed by atoms with E-state index in [1.165, 1.54) is 0 Å². The summed E-state index contributed by atoms with van der Waals surface area (Å²) in [5, 5.41) is 8.45. The molecule has 0 heterocycles. The molecule has 0 aliphatic carbocycles. The Morgan fingerprint density at radius 3 is 2.22 bits per heavy atom. The maximum Gasteiger partial charge on any atom is 0.305 e. The number of ether oxygens (including phenoxy) is 3. The van der Waals surface area contributed by atoms with E-state index < -0.39 is 5.97 Å². The maximum atomic E-state index is 10.3. The lowest BCUT2D eigenvalue weighted by molar-refractivity contribution is -0.138. The summed E-state index contributed by atoms with van der Waals surface area (Å²) in [6.45, 7) is 9.14. The predicted octanol–water partition coefficient (Wildman–Crippen LogP) is 2.09. The second-order valence-corrected chi connectivity index (χ2v) is 5.52. The second-order valence-electron chi connectivity index (χ2n) is 5.52. The van der Waals surface area contributed by atoms with Gasteiger partial charge in [0.25, 0.3) is 0 Å². The van der Waals surface area contributed by atoms with Crippen LogP contribution in [0.3, 0.4) is 0 Å². The van der Waals surface area contributed by atoms with Gasteiger partial charge in [-0.15, -0.1) is 0 Å². The van der Waals surface area contributed by atoms with Crippen LogP contribution >= 0.6 is 0 Å². The maximum absolute atomic E-state index is 10.3. The van der Waals surface area contributed by atoms with Crippen LogP contribution in [0.1, 0.15) is 40.5 Å². The lowest BCUT2D eigenvalue weighted by Gasteiger charge is -2.31. The van der Waals surface area contributed by atoms with Crippen LogP contribution in [0.25, 0.3) is 0 Å². The third kappa shape index (κ3) is 9.39. The van der Waals surface area contributed by atoms with Crippen molar-refractivity contribution < 1.29 is 24.1 Å². The lowest BCUT2D eigenvalue weighted by Crippen LogP contribution is -2.36. The molecule has 5 heteroatoms. The van der Waals surface area contributed by atoms with Gasteiger partial charge in [-0.1, -0.05) is 0 Å². The van der Waals surface area contributed by atoms with Crippen molar-refractivity contribution in [2.45, 2.75) is 51.7 Å². The number of hydrogen-bond acceptors (Lipinski definition) is 4. The van der Waals surface area contributed by atoms with Crippen LogP contribution in [0.5, 0.6) is 0 Å². The normalized spacial score (nSPS) is 12.7. The Bertz CT molecular complexity index is 248. The van der Waals surface area contributed by atoms with Gasteiger partial charge in [0.05, 0.1) is 30.8 Å². The summed E-state index contributed by atoms with van der Waals surface area (Å²) >= 11 is 0. The van der Waals surface area contributed by atoms with Gasteiger partial charge in [-0.25, -0.2) is 0 Å². The highest BCUT2D eigenvalue weighted by atomic mass is 16.5. The molecular formula is C13H26O5.